The van der Waals surface area contributed by atoms with E-state index in [9.17, 15) is 0 Å². The van der Waals surface area contributed by atoms with Crippen LogP contribution in [0.2, 0.25) is 0 Å². The third-order valence-electron chi connectivity index (χ3n) is 2.29. The maximum atomic E-state index is 5.67. The summed E-state index contributed by atoms with van der Waals surface area (Å²) in [6.07, 6.45) is 0.218. The second-order valence-electron chi connectivity index (χ2n) is 4.18. The van der Waals surface area contributed by atoms with Crippen molar-refractivity contribution in [1.82, 2.24) is 0 Å². The monoisotopic (exact) mass is 247 g/mol. The van der Waals surface area contributed by atoms with E-state index in [1.807, 2.05) is 26.0 Å². The molecule has 0 fully saturated rings. The Morgan fingerprint density at radius 1 is 1.29 bits per heavy atom. The van der Waals surface area contributed by atoms with Crippen molar-refractivity contribution in [3.63, 3.8) is 0 Å². The average molecular weight is 247 g/mol. The fraction of sp³-hybridized carbons (Fsp3) is 0.286. The van der Waals surface area contributed by atoms with Gasteiger partial charge in [-0.25, -0.2) is 0 Å². The summed E-state index contributed by atoms with van der Waals surface area (Å²) in [4.78, 5) is 0. The summed E-state index contributed by atoms with van der Waals surface area (Å²) in [5.74, 6) is 0.935. The van der Waals surface area contributed by atoms with Gasteiger partial charge in [0.25, 0.3) is 0 Å². The molecule has 90 valence electrons. The van der Waals surface area contributed by atoms with Crippen molar-refractivity contribution < 1.29 is 4.74 Å². The lowest BCUT2D eigenvalue weighted by molar-refractivity contribution is 0.242. The molecule has 0 saturated heterocycles. The Bertz CT molecular complexity index is 451. The number of anilines is 1. The van der Waals surface area contributed by atoms with Gasteiger partial charge in [-0.2, -0.15) is 11.3 Å². The summed E-state index contributed by atoms with van der Waals surface area (Å²) < 4.78 is 5.67. The van der Waals surface area contributed by atoms with Crippen LogP contribution < -0.4 is 10.1 Å². The molecule has 0 aliphatic rings. The predicted molar refractivity (Wildman–Crippen MR) is 73.9 cm³/mol. The van der Waals surface area contributed by atoms with Gasteiger partial charge in [0.2, 0.25) is 0 Å². The number of rotatable bonds is 5. The summed E-state index contributed by atoms with van der Waals surface area (Å²) in [6.45, 7) is 4.90. The first-order chi connectivity index (χ1) is 8.24. The van der Waals surface area contributed by atoms with E-state index in [2.05, 4.69) is 34.3 Å². The standard InChI is InChI=1S/C14H17NOS/c1-11(2)16-14-5-3-4-12(8-14)9-15-13-6-7-17-10-13/h3-8,10-11,15H,9H2,1-2H3. The number of benzene rings is 1. The molecule has 1 aromatic carbocycles. The van der Waals surface area contributed by atoms with E-state index in [4.69, 9.17) is 4.74 Å². The van der Waals surface area contributed by atoms with E-state index in [1.165, 1.54) is 11.3 Å². The lowest BCUT2D eigenvalue weighted by Gasteiger charge is -2.11. The van der Waals surface area contributed by atoms with Gasteiger partial charge in [0.05, 0.1) is 6.10 Å². The van der Waals surface area contributed by atoms with Crippen LogP contribution in [0.15, 0.2) is 41.1 Å². The van der Waals surface area contributed by atoms with Crippen LogP contribution in [0.5, 0.6) is 5.75 Å². The maximum Gasteiger partial charge on any atom is 0.120 e. The molecule has 1 N–H and O–H groups in total. The topological polar surface area (TPSA) is 21.3 Å². The third-order valence-corrected chi connectivity index (χ3v) is 2.97. The molecule has 2 rings (SSSR count). The first-order valence-electron chi connectivity index (χ1n) is 5.76. The van der Waals surface area contributed by atoms with Crippen LogP contribution in [0.3, 0.4) is 0 Å². The van der Waals surface area contributed by atoms with Crippen LogP contribution in [-0.4, -0.2) is 6.10 Å². The molecule has 0 aliphatic carbocycles. The van der Waals surface area contributed by atoms with Crippen molar-refractivity contribution in [3.8, 4) is 5.75 Å². The van der Waals surface area contributed by atoms with Gasteiger partial charge in [-0.1, -0.05) is 12.1 Å². The highest BCUT2D eigenvalue weighted by molar-refractivity contribution is 7.08. The number of ether oxygens (including phenoxy) is 1. The molecule has 0 aliphatic heterocycles. The zero-order chi connectivity index (χ0) is 12.1. The molecule has 0 unspecified atom stereocenters. The molecular formula is C14H17NOS. The molecule has 0 amide bonds. The maximum absolute atomic E-state index is 5.67. The number of hydrogen-bond acceptors (Lipinski definition) is 3. The zero-order valence-corrected chi connectivity index (χ0v) is 11.0. The van der Waals surface area contributed by atoms with E-state index in [-0.39, 0.29) is 6.10 Å². The Kier molecular flexibility index (Phi) is 4.04. The van der Waals surface area contributed by atoms with E-state index in [0.717, 1.165) is 12.3 Å². The first kappa shape index (κ1) is 12.0. The quantitative estimate of drug-likeness (QED) is 0.857. The Morgan fingerprint density at radius 3 is 2.88 bits per heavy atom. The SMILES string of the molecule is CC(C)Oc1cccc(CNc2ccsc2)c1. The van der Waals surface area contributed by atoms with Crippen LogP contribution >= 0.6 is 11.3 Å². The second kappa shape index (κ2) is 5.73. The Hall–Kier alpha value is -1.48. The number of nitrogens with one attached hydrogen (secondary N) is 1. The van der Waals surface area contributed by atoms with E-state index in [1.54, 1.807) is 11.3 Å². The number of thiophene rings is 1. The Morgan fingerprint density at radius 2 is 2.18 bits per heavy atom. The lowest BCUT2D eigenvalue weighted by atomic mass is 10.2. The minimum absolute atomic E-state index is 0.218. The summed E-state index contributed by atoms with van der Waals surface area (Å²) in [7, 11) is 0. The van der Waals surface area contributed by atoms with E-state index in [0.29, 0.717) is 0 Å². The van der Waals surface area contributed by atoms with Crippen molar-refractivity contribution in [3.05, 3.63) is 46.7 Å². The van der Waals surface area contributed by atoms with Gasteiger partial charge >= 0.3 is 0 Å². The fourth-order valence-electron chi connectivity index (χ4n) is 1.57. The Labute approximate surface area is 106 Å². The van der Waals surface area contributed by atoms with Crippen LogP contribution in [0, 0.1) is 0 Å². The number of hydrogen-bond donors (Lipinski definition) is 1. The normalized spacial score (nSPS) is 10.5. The van der Waals surface area contributed by atoms with Gasteiger partial charge < -0.3 is 10.1 Å². The molecule has 0 spiro atoms. The second-order valence-corrected chi connectivity index (χ2v) is 4.96. The fourth-order valence-corrected chi connectivity index (χ4v) is 2.18. The molecule has 1 heterocycles. The molecule has 0 atom stereocenters. The van der Waals surface area contributed by atoms with Crippen molar-refractivity contribution >= 4 is 17.0 Å². The van der Waals surface area contributed by atoms with Crippen LogP contribution in [-0.2, 0) is 6.54 Å². The lowest BCUT2D eigenvalue weighted by Crippen LogP contribution is -2.06. The minimum atomic E-state index is 0.218. The van der Waals surface area contributed by atoms with Crippen LogP contribution in [0.1, 0.15) is 19.4 Å². The molecule has 3 heteroatoms. The van der Waals surface area contributed by atoms with Crippen LogP contribution in [0.4, 0.5) is 5.69 Å². The zero-order valence-electron chi connectivity index (χ0n) is 10.1. The van der Waals surface area contributed by atoms with Gasteiger partial charge in [0.1, 0.15) is 5.75 Å². The molecule has 0 bridgehead atoms. The van der Waals surface area contributed by atoms with Gasteiger partial charge in [0.15, 0.2) is 0 Å². The third kappa shape index (κ3) is 3.79. The highest BCUT2D eigenvalue weighted by Gasteiger charge is 1.99. The summed E-state index contributed by atoms with van der Waals surface area (Å²) in [5, 5.41) is 7.55. The van der Waals surface area contributed by atoms with Gasteiger partial charge in [-0.3, -0.25) is 0 Å². The summed E-state index contributed by atoms with van der Waals surface area (Å²) in [6, 6.07) is 10.3. The van der Waals surface area contributed by atoms with Crippen molar-refractivity contribution in [2.24, 2.45) is 0 Å². The van der Waals surface area contributed by atoms with Crippen LogP contribution in [0.25, 0.3) is 0 Å². The van der Waals surface area contributed by atoms with Gasteiger partial charge in [0, 0.05) is 17.6 Å². The molecular weight excluding hydrogens is 230 g/mol. The molecule has 1 aromatic heterocycles. The highest BCUT2D eigenvalue weighted by atomic mass is 32.1. The highest BCUT2D eigenvalue weighted by Crippen LogP contribution is 2.17. The van der Waals surface area contributed by atoms with Gasteiger partial charge in [-0.15, -0.1) is 0 Å². The van der Waals surface area contributed by atoms with Crippen molar-refractivity contribution in [2.75, 3.05) is 5.32 Å². The predicted octanol–water partition coefficient (Wildman–Crippen LogP) is 4.15. The molecule has 0 saturated carbocycles. The smallest absolute Gasteiger partial charge is 0.120 e. The molecule has 0 radical (unpaired) electrons. The van der Waals surface area contributed by atoms with Crippen molar-refractivity contribution in [2.45, 2.75) is 26.5 Å². The van der Waals surface area contributed by atoms with E-state index < -0.39 is 0 Å². The summed E-state index contributed by atoms with van der Waals surface area (Å²) >= 11 is 1.70. The van der Waals surface area contributed by atoms with E-state index >= 15 is 0 Å². The molecule has 2 nitrogen and oxygen atoms in total. The Balaban J connectivity index is 1.96. The first-order valence-corrected chi connectivity index (χ1v) is 6.70. The average Bonchev–Trinajstić information content (AvgIpc) is 2.79. The largest absolute Gasteiger partial charge is 0.491 e. The van der Waals surface area contributed by atoms with Gasteiger partial charge in [-0.05, 0) is 43.0 Å². The molecule has 17 heavy (non-hydrogen) atoms. The van der Waals surface area contributed by atoms with Crippen molar-refractivity contribution in [1.29, 1.82) is 0 Å². The molecule has 2 aromatic rings. The summed E-state index contributed by atoms with van der Waals surface area (Å²) in [5.41, 5.74) is 2.40. The minimum Gasteiger partial charge on any atom is -0.491 e.